The van der Waals surface area contributed by atoms with Gasteiger partial charge in [0.1, 0.15) is 23.8 Å². The highest BCUT2D eigenvalue weighted by atomic mass is 16.5. The summed E-state index contributed by atoms with van der Waals surface area (Å²) < 4.78 is 12.7. The molecule has 0 saturated heterocycles. The molecule has 186 valence electrons. The molecule has 0 aliphatic carbocycles. The molecule has 0 aliphatic rings. The van der Waals surface area contributed by atoms with Crippen molar-refractivity contribution in [2.24, 2.45) is 0 Å². The average molecular weight is 487 g/mol. The molecule has 2 aromatic heterocycles. The molecule has 0 radical (unpaired) electrons. The summed E-state index contributed by atoms with van der Waals surface area (Å²) in [7, 11) is 1.61. The lowest BCUT2D eigenvalue weighted by Crippen LogP contribution is -2.25. The van der Waals surface area contributed by atoms with E-state index in [0.29, 0.717) is 34.5 Å². The third kappa shape index (κ3) is 5.13. The van der Waals surface area contributed by atoms with Crippen LogP contribution in [0.15, 0.2) is 59.5 Å². The summed E-state index contributed by atoms with van der Waals surface area (Å²) in [5, 5.41) is 10.4. The number of aliphatic hydroxyl groups is 1. The van der Waals surface area contributed by atoms with Crippen LogP contribution in [0.1, 0.15) is 42.2 Å². The van der Waals surface area contributed by atoms with Crippen LogP contribution in [-0.2, 0) is 12.2 Å². The molecular weight excluding hydrogens is 456 g/mol. The molecule has 1 N–H and O–H groups in total. The number of aryl methyl sites for hydroxylation is 2. The molecule has 0 atom stereocenters. The SMILES string of the molecule is COc1cccc(COc2nc(C)n(-c3cccc(-c4nc(C(C)(C)O)ncc4C)c3)c(=O)c2C)c1. The quantitative estimate of drug-likeness (QED) is 0.413. The Kier molecular flexibility index (Phi) is 6.90. The third-order valence-electron chi connectivity index (χ3n) is 5.84. The molecule has 0 amide bonds. The molecule has 4 rings (SSSR count). The molecule has 0 bridgehead atoms. The van der Waals surface area contributed by atoms with Gasteiger partial charge in [0, 0.05) is 11.8 Å². The Hall–Kier alpha value is -4.04. The number of benzene rings is 2. The van der Waals surface area contributed by atoms with Crippen molar-refractivity contribution in [3.8, 4) is 28.6 Å². The minimum Gasteiger partial charge on any atom is -0.497 e. The fourth-order valence-electron chi connectivity index (χ4n) is 3.87. The zero-order valence-electron chi connectivity index (χ0n) is 21.4. The van der Waals surface area contributed by atoms with E-state index in [0.717, 1.165) is 22.4 Å². The van der Waals surface area contributed by atoms with E-state index in [9.17, 15) is 9.90 Å². The second-order valence-electron chi connectivity index (χ2n) is 9.20. The van der Waals surface area contributed by atoms with Crippen molar-refractivity contribution in [1.29, 1.82) is 0 Å². The van der Waals surface area contributed by atoms with Crippen LogP contribution in [-0.4, -0.2) is 31.7 Å². The van der Waals surface area contributed by atoms with Gasteiger partial charge < -0.3 is 14.6 Å². The van der Waals surface area contributed by atoms with Crippen LogP contribution < -0.4 is 15.0 Å². The Morgan fingerprint density at radius 3 is 2.50 bits per heavy atom. The molecular formula is C28H30N4O4. The maximum atomic E-state index is 13.4. The van der Waals surface area contributed by atoms with Crippen LogP contribution in [0, 0.1) is 20.8 Å². The van der Waals surface area contributed by atoms with Gasteiger partial charge in [0.05, 0.1) is 24.1 Å². The van der Waals surface area contributed by atoms with Gasteiger partial charge in [0.25, 0.3) is 5.56 Å². The summed E-state index contributed by atoms with van der Waals surface area (Å²) in [6, 6.07) is 15.1. The highest BCUT2D eigenvalue weighted by Gasteiger charge is 2.21. The van der Waals surface area contributed by atoms with Crippen LogP contribution in [0.4, 0.5) is 0 Å². The Labute approximate surface area is 210 Å². The van der Waals surface area contributed by atoms with Crippen LogP contribution >= 0.6 is 0 Å². The molecule has 0 aliphatic heterocycles. The lowest BCUT2D eigenvalue weighted by molar-refractivity contribution is 0.0688. The van der Waals surface area contributed by atoms with Crippen molar-refractivity contribution in [2.75, 3.05) is 7.11 Å². The zero-order valence-corrected chi connectivity index (χ0v) is 21.4. The molecule has 8 heteroatoms. The van der Waals surface area contributed by atoms with Crippen LogP contribution in [0.25, 0.3) is 16.9 Å². The van der Waals surface area contributed by atoms with E-state index in [1.54, 1.807) is 45.6 Å². The predicted molar refractivity (Wildman–Crippen MR) is 138 cm³/mol. The third-order valence-corrected chi connectivity index (χ3v) is 5.84. The first-order valence-electron chi connectivity index (χ1n) is 11.6. The van der Waals surface area contributed by atoms with Gasteiger partial charge >= 0.3 is 0 Å². The van der Waals surface area contributed by atoms with E-state index in [4.69, 9.17) is 9.47 Å². The molecule has 0 spiro atoms. The minimum atomic E-state index is -1.17. The van der Waals surface area contributed by atoms with Crippen LogP contribution in [0.3, 0.4) is 0 Å². The summed E-state index contributed by atoms with van der Waals surface area (Å²) >= 11 is 0. The second-order valence-corrected chi connectivity index (χ2v) is 9.20. The van der Waals surface area contributed by atoms with Crippen molar-refractivity contribution in [1.82, 2.24) is 19.5 Å². The summed E-state index contributed by atoms with van der Waals surface area (Å²) in [6.07, 6.45) is 1.69. The monoisotopic (exact) mass is 486 g/mol. The largest absolute Gasteiger partial charge is 0.497 e. The second kappa shape index (κ2) is 9.91. The number of ether oxygens (including phenoxy) is 2. The predicted octanol–water partition coefficient (Wildman–Crippen LogP) is 4.43. The van der Waals surface area contributed by atoms with Crippen molar-refractivity contribution in [2.45, 2.75) is 46.8 Å². The summed E-state index contributed by atoms with van der Waals surface area (Å²) in [6.45, 7) is 8.95. The zero-order chi connectivity index (χ0) is 26.0. The van der Waals surface area contributed by atoms with Gasteiger partial charge in [-0.05, 0) is 70.0 Å². The lowest BCUT2D eigenvalue weighted by atomic mass is 10.0. The van der Waals surface area contributed by atoms with E-state index >= 15 is 0 Å². The van der Waals surface area contributed by atoms with E-state index in [1.807, 2.05) is 55.5 Å². The normalized spacial score (nSPS) is 11.4. The van der Waals surface area contributed by atoms with E-state index in [2.05, 4.69) is 15.0 Å². The molecule has 2 aromatic carbocycles. The Bertz CT molecular complexity index is 1470. The maximum Gasteiger partial charge on any atom is 0.264 e. The highest BCUT2D eigenvalue weighted by Crippen LogP contribution is 2.26. The van der Waals surface area contributed by atoms with E-state index in [1.165, 1.54) is 0 Å². The fraction of sp³-hybridized carbons (Fsp3) is 0.286. The summed E-state index contributed by atoms with van der Waals surface area (Å²) in [5.41, 5.74) is 2.96. The number of methoxy groups -OCH3 is 1. The van der Waals surface area contributed by atoms with Gasteiger partial charge in [-0.2, -0.15) is 4.98 Å². The topological polar surface area (TPSA) is 99.4 Å². The van der Waals surface area contributed by atoms with Gasteiger partial charge in [-0.3, -0.25) is 9.36 Å². The van der Waals surface area contributed by atoms with Crippen molar-refractivity contribution in [3.63, 3.8) is 0 Å². The van der Waals surface area contributed by atoms with Crippen molar-refractivity contribution in [3.05, 3.63) is 93.4 Å². The van der Waals surface area contributed by atoms with E-state index in [-0.39, 0.29) is 12.2 Å². The first kappa shape index (κ1) is 25.1. The molecule has 36 heavy (non-hydrogen) atoms. The van der Waals surface area contributed by atoms with Crippen LogP contribution in [0.2, 0.25) is 0 Å². The molecule has 8 nitrogen and oxygen atoms in total. The van der Waals surface area contributed by atoms with Gasteiger partial charge in [-0.25, -0.2) is 9.97 Å². The lowest BCUT2D eigenvalue weighted by Gasteiger charge is -2.18. The van der Waals surface area contributed by atoms with Gasteiger partial charge in [-0.15, -0.1) is 0 Å². The maximum absolute atomic E-state index is 13.4. The molecule has 0 unspecified atom stereocenters. The number of aromatic nitrogens is 4. The standard InChI is InChI=1S/C28H30N4O4/c1-17-15-29-27(28(4,5)34)31-24(17)21-10-8-11-22(14-21)32-19(3)30-25(18(2)26(32)33)36-16-20-9-7-12-23(13-20)35-6/h7-15,34H,16H2,1-6H3. The number of nitrogens with zero attached hydrogens (tertiary/aromatic N) is 4. The molecule has 4 aromatic rings. The van der Waals surface area contributed by atoms with Crippen molar-refractivity contribution >= 4 is 0 Å². The number of hydrogen-bond donors (Lipinski definition) is 1. The number of hydrogen-bond acceptors (Lipinski definition) is 7. The van der Waals surface area contributed by atoms with Crippen LogP contribution in [0.5, 0.6) is 11.6 Å². The first-order valence-corrected chi connectivity index (χ1v) is 11.6. The summed E-state index contributed by atoms with van der Waals surface area (Å²) in [5.74, 6) is 1.87. The Morgan fingerprint density at radius 2 is 1.78 bits per heavy atom. The minimum absolute atomic E-state index is 0.211. The van der Waals surface area contributed by atoms with Gasteiger partial charge in [0.2, 0.25) is 5.88 Å². The molecule has 0 fully saturated rings. The smallest absolute Gasteiger partial charge is 0.264 e. The Balaban J connectivity index is 1.69. The molecule has 2 heterocycles. The summed E-state index contributed by atoms with van der Waals surface area (Å²) in [4.78, 5) is 26.8. The van der Waals surface area contributed by atoms with E-state index < -0.39 is 5.60 Å². The van der Waals surface area contributed by atoms with Gasteiger partial charge in [-0.1, -0.05) is 24.3 Å². The highest BCUT2D eigenvalue weighted by molar-refractivity contribution is 5.65. The first-order chi connectivity index (χ1) is 17.1. The average Bonchev–Trinajstić information content (AvgIpc) is 2.85. The fourth-order valence-corrected chi connectivity index (χ4v) is 3.87. The van der Waals surface area contributed by atoms with Crippen molar-refractivity contribution < 1.29 is 14.6 Å². The van der Waals surface area contributed by atoms with Gasteiger partial charge in [0.15, 0.2) is 5.82 Å². The number of rotatable bonds is 7. The molecule has 0 saturated carbocycles. The Morgan fingerprint density at radius 1 is 1.03 bits per heavy atom.